The monoisotopic (exact) mass is 393 g/mol. The number of rotatable bonds is 4. The first-order chi connectivity index (χ1) is 13.4. The van der Waals surface area contributed by atoms with Crippen molar-refractivity contribution in [3.05, 3.63) is 47.7 Å². The zero-order valence-electron chi connectivity index (χ0n) is 14.8. The summed E-state index contributed by atoms with van der Waals surface area (Å²) in [6.45, 7) is 0.921. The van der Waals surface area contributed by atoms with Gasteiger partial charge in [0.05, 0.1) is 38.2 Å². The lowest BCUT2D eigenvalue weighted by Gasteiger charge is -2.39. The predicted octanol–water partition coefficient (Wildman–Crippen LogP) is 1.98. The fraction of sp³-hybridized carbons (Fsp3) is 0.389. The average molecular weight is 393 g/mol. The van der Waals surface area contributed by atoms with Gasteiger partial charge in [-0.25, -0.2) is 23.1 Å². The fourth-order valence-corrected chi connectivity index (χ4v) is 3.10. The summed E-state index contributed by atoms with van der Waals surface area (Å²) in [4.78, 5) is 21.6. The molecule has 0 radical (unpaired) electrons. The maximum atomic E-state index is 14.4. The molecule has 2 N–H and O–H groups in total. The van der Waals surface area contributed by atoms with E-state index in [4.69, 9.17) is 4.74 Å². The van der Waals surface area contributed by atoms with Gasteiger partial charge in [0, 0.05) is 24.3 Å². The van der Waals surface area contributed by atoms with E-state index < -0.39 is 30.7 Å². The molecule has 4 rings (SSSR count). The van der Waals surface area contributed by atoms with E-state index in [1.54, 1.807) is 12.1 Å². The van der Waals surface area contributed by atoms with Gasteiger partial charge in [-0.1, -0.05) is 6.07 Å². The number of halogens is 3. The second-order valence-corrected chi connectivity index (χ2v) is 6.73. The molecule has 2 saturated heterocycles. The van der Waals surface area contributed by atoms with E-state index in [0.717, 1.165) is 6.54 Å². The minimum atomic E-state index is -2.72. The molecule has 3 heterocycles. The number of ether oxygens (including phenoxy) is 1. The van der Waals surface area contributed by atoms with Gasteiger partial charge in [0.1, 0.15) is 17.3 Å². The number of hydrogen-bond donors (Lipinski definition) is 2. The smallest absolute Gasteiger partial charge is 0.282 e. The molecule has 2 aliphatic rings. The maximum absolute atomic E-state index is 14.4. The molecule has 7 nitrogen and oxygen atoms in total. The van der Waals surface area contributed by atoms with Gasteiger partial charge in [-0.2, -0.15) is 0 Å². The highest BCUT2D eigenvalue weighted by Gasteiger charge is 2.44. The Hall–Kier alpha value is -2.72. The first-order valence-corrected chi connectivity index (χ1v) is 8.79. The van der Waals surface area contributed by atoms with Gasteiger partial charge in [0.2, 0.25) is 0 Å². The summed E-state index contributed by atoms with van der Waals surface area (Å²) in [5, 5.41) is 5.68. The van der Waals surface area contributed by atoms with Crippen molar-refractivity contribution in [2.75, 3.05) is 43.0 Å². The highest BCUT2D eigenvalue weighted by Crippen LogP contribution is 2.30. The fourth-order valence-electron chi connectivity index (χ4n) is 3.10. The molecular formula is C18H18F3N5O2. The van der Waals surface area contributed by atoms with E-state index in [0.29, 0.717) is 18.7 Å². The second kappa shape index (κ2) is 7.36. The molecule has 2 aromatic rings. The normalized spacial score (nSPS) is 21.1. The van der Waals surface area contributed by atoms with E-state index in [1.165, 1.54) is 23.4 Å². The van der Waals surface area contributed by atoms with Crippen LogP contribution in [0.4, 0.5) is 24.7 Å². The summed E-state index contributed by atoms with van der Waals surface area (Å²) in [6.07, 6.45) is 2.10. The molecule has 2 aliphatic heterocycles. The Kier molecular flexibility index (Phi) is 4.90. The molecule has 0 aliphatic carbocycles. The zero-order valence-corrected chi connectivity index (χ0v) is 14.8. The lowest BCUT2D eigenvalue weighted by Crippen LogP contribution is -2.56. The van der Waals surface area contributed by atoms with Crippen LogP contribution in [-0.4, -0.2) is 54.6 Å². The number of alkyl halides is 2. The molecular weight excluding hydrogens is 375 g/mol. The van der Waals surface area contributed by atoms with Gasteiger partial charge in [-0.15, -0.1) is 0 Å². The molecule has 1 unspecified atom stereocenters. The van der Waals surface area contributed by atoms with Gasteiger partial charge in [0.25, 0.3) is 11.8 Å². The minimum absolute atomic E-state index is 0.000308. The van der Waals surface area contributed by atoms with Crippen molar-refractivity contribution in [2.24, 2.45) is 0 Å². The Balaban J connectivity index is 1.40. The summed E-state index contributed by atoms with van der Waals surface area (Å²) in [6, 6.07) is 4.37. The number of hydrogen-bond acceptors (Lipinski definition) is 6. The number of nitrogens with one attached hydrogen (secondary N) is 2. The van der Waals surface area contributed by atoms with Crippen molar-refractivity contribution in [3.8, 4) is 0 Å². The summed E-state index contributed by atoms with van der Waals surface area (Å²) < 4.78 is 45.7. The summed E-state index contributed by atoms with van der Waals surface area (Å²) in [5.74, 6) is -3.49. The van der Waals surface area contributed by atoms with Crippen molar-refractivity contribution in [1.82, 2.24) is 15.3 Å². The number of carbonyl (C=O) groups excluding carboxylic acids is 1. The molecule has 0 saturated carbocycles. The topological polar surface area (TPSA) is 79.4 Å². The highest BCUT2D eigenvalue weighted by atomic mass is 19.3. The van der Waals surface area contributed by atoms with Crippen LogP contribution >= 0.6 is 0 Å². The first-order valence-electron chi connectivity index (χ1n) is 8.79. The van der Waals surface area contributed by atoms with Gasteiger partial charge in [-0.3, -0.25) is 4.79 Å². The van der Waals surface area contributed by atoms with Crippen LogP contribution in [0.1, 0.15) is 22.2 Å². The summed E-state index contributed by atoms with van der Waals surface area (Å²) in [7, 11) is 0. The van der Waals surface area contributed by atoms with E-state index in [2.05, 4.69) is 20.6 Å². The van der Waals surface area contributed by atoms with E-state index >= 15 is 0 Å². The van der Waals surface area contributed by atoms with Crippen LogP contribution in [-0.2, 0) is 4.74 Å². The number of nitrogens with zero attached hydrogens (tertiary/aromatic N) is 3. The number of aromatic nitrogens is 2. The van der Waals surface area contributed by atoms with Crippen molar-refractivity contribution in [1.29, 1.82) is 0 Å². The van der Waals surface area contributed by atoms with Crippen LogP contribution in [0.5, 0.6) is 0 Å². The highest BCUT2D eigenvalue weighted by molar-refractivity contribution is 6.02. The van der Waals surface area contributed by atoms with E-state index in [1.807, 2.05) is 0 Å². The standard InChI is InChI=1S/C18H18F3N5O2/c19-13-5-11(1-2-12(13)15-7-22-3-4-28-15)25-17(27)14-6-24-16(8-23-14)26-9-18(20,21)10-26/h1-2,5-6,8,15,22H,3-4,7,9-10H2,(H,25,27). The van der Waals surface area contributed by atoms with Crippen LogP contribution < -0.4 is 15.5 Å². The lowest BCUT2D eigenvalue weighted by atomic mass is 10.1. The summed E-state index contributed by atoms with van der Waals surface area (Å²) in [5.41, 5.74) is 0.685. The van der Waals surface area contributed by atoms with Crippen LogP contribution in [0, 0.1) is 5.82 Å². The third kappa shape index (κ3) is 3.92. The van der Waals surface area contributed by atoms with Gasteiger partial charge in [0.15, 0.2) is 0 Å². The van der Waals surface area contributed by atoms with Crippen molar-refractivity contribution in [2.45, 2.75) is 12.0 Å². The van der Waals surface area contributed by atoms with Crippen LogP contribution in [0.25, 0.3) is 0 Å². The molecule has 2 fully saturated rings. The third-order valence-corrected chi connectivity index (χ3v) is 4.57. The van der Waals surface area contributed by atoms with Crippen LogP contribution in [0.15, 0.2) is 30.6 Å². The molecule has 1 aromatic heterocycles. The predicted molar refractivity (Wildman–Crippen MR) is 95.1 cm³/mol. The minimum Gasteiger partial charge on any atom is -0.371 e. The Morgan fingerprint density at radius 2 is 2.11 bits per heavy atom. The molecule has 0 bridgehead atoms. The number of carbonyl (C=O) groups is 1. The van der Waals surface area contributed by atoms with Crippen molar-refractivity contribution in [3.63, 3.8) is 0 Å². The maximum Gasteiger partial charge on any atom is 0.282 e. The largest absolute Gasteiger partial charge is 0.371 e. The Labute approximate surface area is 158 Å². The number of anilines is 2. The van der Waals surface area contributed by atoms with Crippen molar-refractivity contribution >= 4 is 17.4 Å². The molecule has 1 atom stereocenters. The molecule has 148 valence electrons. The van der Waals surface area contributed by atoms with E-state index in [-0.39, 0.29) is 23.3 Å². The molecule has 1 amide bonds. The van der Waals surface area contributed by atoms with Gasteiger partial charge < -0.3 is 20.3 Å². The van der Waals surface area contributed by atoms with Gasteiger partial charge in [-0.05, 0) is 12.1 Å². The molecule has 10 heteroatoms. The third-order valence-electron chi connectivity index (χ3n) is 4.57. The Bertz CT molecular complexity index is 864. The van der Waals surface area contributed by atoms with E-state index in [9.17, 15) is 18.0 Å². The molecule has 1 aromatic carbocycles. The molecule has 28 heavy (non-hydrogen) atoms. The lowest BCUT2D eigenvalue weighted by molar-refractivity contribution is -0.0267. The van der Waals surface area contributed by atoms with Crippen LogP contribution in [0.2, 0.25) is 0 Å². The molecule has 0 spiro atoms. The second-order valence-electron chi connectivity index (χ2n) is 6.73. The zero-order chi connectivity index (χ0) is 19.7. The van der Waals surface area contributed by atoms with Crippen molar-refractivity contribution < 1.29 is 22.7 Å². The first kappa shape index (κ1) is 18.6. The SMILES string of the molecule is O=C(Nc1ccc(C2CNCCO2)c(F)c1)c1cnc(N2CC(F)(F)C2)cn1. The number of morpholine rings is 1. The average Bonchev–Trinajstić information content (AvgIpc) is 2.67. The number of benzene rings is 1. The van der Waals surface area contributed by atoms with Crippen LogP contribution in [0.3, 0.4) is 0 Å². The Morgan fingerprint density at radius 3 is 2.71 bits per heavy atom. The Morgan fingerprint density at radius 1 is 1.29 bits per heavy atom. The summed E-state index contributed by atoms with van der Waals surface area (Å²) >= 11 is 0. The number of amides is 1. The quantitative estimate of drug-likeness (QED) is 0.827. The van der Waals surface area contributed by atoms with Gasteiger partial charge >= 0.3 is 0 Å².